The summed E-state index contributed by atoms with van der Waals surface area (Å²) in [4.78, 5) is 24.9. The summed E-state index contributed by atoms with van der Waals surface area (Å²) in [6, 6.07) is 15.7. The first-order chi connectivity index (χ1) is 12.8. The van der Waals surface area contributed by atoms with Crippen molar-refractivity contribution in [3.8, 4) is 11.1 Å². The van der Waals surface area contributed by atoms with Crippen LogP contribution in [0.5, 0.6) is 0 Å². The molecule has 26 heavy (non-hydrogen) atoms. The Balaban J connectivity index is 1.49. The zero-order chi connectivity index (χ0) is 17.8. The maximum Gasteiger partial charge on any atom is 0.327 e. The van der Waals surface area contributed by atoms with Crippen molar-refractivity contribution >= 4 is 17.1 Å². The molecule has 2 aromatic carbocycles. The Morgan fingerprint density at radius 1 is 1.00 bits per heavy atom. The average Bonchev–Trinajstić information content (AvgIpc) is 3.13. The topological polar surface area (TPSA) is 72.7 Å². The van der Waals surface area contributed by atoms with Crippen LogP contribution in [0.2, 0.25) is 0 Å². The Kier molecular flexibility index (Phi) is 4.38. The van der Waals surface area contributed by atoms with E-state index in [-0.39, 0.29) is 6.03 Å². The molecule has 0 aliphatic heterocycles. The molecule has 4 rings (SSSR count). The highest BCUT2D eigenvalue weighted by Crippen LogP contribution is 2.22. The second-order valence-electron chi connectivity index (χ2n) is 5.91. The first kappa shape index (κ1) is 16.0. The predicted molar refractivity (Wildman–Crippen MR) is 99.7 cm³/mol. The Morgan fingerprint density at radius 3 is 2.62 bits per heavy atom. The van der Waals surface area contributed by atoms with Crippen LogP contribution >= 0.6 is 0 Å². The van der Waals surface area contributed by atoms with E-state index < -0.39 is 0 Å². The molecular formula is C20H17N5O. The van der Waals surface area contributed by atoms with Gasteiger partial charge in [0.25, 0.3) is 0 Å². The third-order valence-electron chi connectivity index (χ3n) is 4.19. The summed E-state index contributed by atoms with van der Waals surface area (Å²) in [6.07, 6.45) is 7.34. The quantitative estimate of drug-likeness (QED) is 0.617. The lowest BCUT2D eigenvalue weighted by Crippen LogP contribution is -2.29. The molecule has 4 aromatic rings. The lowest BCUT2D eigenvalue weighted by molar-refractivity contribution is 0.243. The van der Waals surface area contributed by atoms with E-state index in [1.165, 1.54) is 16.5 Å². The second kappa shape index (κ2) is 7.14. The number of aromatic nitrogens is 4. The highest BCUT2D eigenvalue weighted by Gasteiger charge is 2.10. The fourth-order valence-electron chi connectivity index (χ4n) is 2.85. The Hall–Kier alpha value is -3.54. The van der Waals surface area contributed by atoms with Gasteiger partial charge in [-0.15, -0.1) is 0 Å². The molecule has 128 valence electrons. The summed E-state index contributed by atoms with van der Waals surface area (Å²) in [5.41, 5.74) is 4.59. The van der Waals surface area contributed by atoms with Gasteiger partial charge in [0.15, 0.2) is 0 Å². The summed E-state index contributed by atoms with van der Waals surface area (Å²) in [7, 11) is 0. The molecule has 0 bridgehead atoms. The first-order valence-corrected chi connectivity index (χ1v) is 8.36. The number of carbonyl (C=O) groups excluding carboxylic acids is 1. The van der Waals surface area contributed by atoms with Crippen molar-refractivity contribution < 1.29 is 4.79 Å². The molecule has 1 N–H and O–H groups in total. The van der Waals surface area contributed by atoms with Gasteiger partial charge in [0.1, 0.15) is 12.7 Å². The minimum absolute atomic E-state index is 0.181. The fraction of sp³-hybridized carbons (Fsp3) is 0.100. The molecule has 6 heteroatoms. The lowest BCUT2D eigenvalue weighted by Gasteiger charge is -2.07. The molecule has 0 unspecified atom stereocenters. The van der Waals surface area contributed by atoms with Gasteiger partial charge in [-0.25, -0.2) is 19.7 Å². The summed E-state index contributed by atoms with van der Waals surface area (Å²) in [5, 5.41) is 2.94. The van der Waals surface area contributed by atoms with E-state index >= 15 is 0 Å². The fourth-order valence-corrected chi connectivity index (χ4v) is 2.85. The molecule has 2 heterocycles. The molecule has 2 aromatic heterocycles. The van der Waals surface area contributed by atoms with E-state index in [1.54, 1.807) is 18.7 Å². The van der Waals surface area contributed by atoms with Gasteiger partial charge in [-0.1, -0.05) is 36.4 Å². The van der Waals surface area contributed by atoms with Crippen LogP contribution in [0.25, 0.3) is 22.2 Å². The third kappa shape index (κ3) is 3.30. The van der Waals surface area contributed by atoms with Crippen molar-refractivity contribution in [2.24, 2.45) is 0 Å². The second-order valence-corrected chi connectivity index (χ2v) is 5.91. The van der Waals surface area contributed by atoms with Crippen LogP contribution in [0.3, 0.4) is 0 Å². The Labute approximate surface area is 150 Å². The largest absolute Gasteiger partial charge is 0.337 e. The molecule has 0 fully saturated rings. The van der Waals surface area contributed by atoms with Crippen molar-refractivity contribution in [3.63, 3.8) is 0 Å². The standard InChI is InChI=1S/C20H17N5O/c26-20(23-9-8-15-4-2-1-3-5-15)25-14-24-18-10-16(6-7-19(18)25)17-11-21-13-22-12-17/h1-7,10-14H,8-9H2,(H,23,26). The normalized spacial score (nSPS) is 10.8. The van der Waals surface area contributed by atoms with Crippen LogP contribution in [0.4, 0.5) is 4.79 Å². The molecule has 0 aliphatic carbocycles. The van der Waals surface area contributed by atoms with E-state index in [9.17, 15) is 4.79 Å². The zero-order valence-corrected chi connectivity index (χ0v) is 14.0. The maximum absolute atomic E-state index is 12.5. The van der Waals surface area contributed by atoms with Crippen LogP contribution in [0.1, 0.15) is 5.56 Å². The van der Waals surface area contributed by atoms with Crippen LogP contribution < -0.4 is 5.32 Å². The molecule has 0 atom stereocenters. The van der Waals surface area contributed by atoms with E-state index in [4.69, 9.17) is 0 Å². The molecule has 6 nitrogen and oxygen atoms in total. The van der Waals surface area contributed by atoms with Gasteiger partial charge >= 0.3 is 6.03 Å². The summed E-state index contributed by atoms with van der Waals surface area (Å²) in [6.45, 7) is 0.571. The van der Waals surface area contributed by atoms with Crippen LogP contribution in [-0.2, 0) is 6.42 Å². The minimum Gasteiger partial charge on any atom is -0.337 e. The smallest absolute Gasteiger partial charge is 0.327 e. The van der Waals surface area contributed by atoms with E-state index in [0.717, 1.165) is 28.6 Å². The third-order valence-corrected chi connectivity index (χ3v) is 4.19. The number of hydrogen-bond acceptors (Lipinski definition) is 4. The predicted octanol–water partition coefficient (Wildman–Crippen LogP) is 3.29. The van der Waals surface area contributed by atoms with E-state index in [1.807, 2.05) is 48.5 Å². The number of imidazole rings is 1. The number of benzene rings is 2. The molecule has 1 amide bonds. The molecule has 0 saturated carbocycles. The lowest BCUT2D eigenvalue weighted by atomic mass is 10.1. The monoisotopic (exact) mass is 343 g/mol. The van der Waals surface area contributed by atoms with E-state index in [2.05, 4.69) is 20.3 Å². The SMILES string of the molecule is O=C(NCCc1ccccc1)n1cnc2cc(-c3cncnc3)ccc21. The average molecular weight is 343 g/mol. The van der Waals surface area contributed by atoms with Gasteiger partial charge in [0, 0.05) is 24.5 Å². The van der Waals surface area contributed by atoms with Crippen LogP contribution in [-0.4, -0.2) is 32.1 Å². The minimum atomic E-state index is -0.181. The van der Waals surface area contributed by atoms with Crippen LogP contribution in [0, 0.1) is 0 Å². The number of carbonyl (C=O) groups is 1. The number of amides is 1. The van der Waals surface area contributed by atoms with Gasteiger partial charge in [-0.2, -0.15) is 0 Å². The first-order valence-electron chi connectivity index (χ1n) is 8.36. The number of nitrogens with one attached hydrogen (secondary N) is 1. The van der Waals surface area contributed by atoms with Gasteiger partial charge in [-0.05, 0) is 29.7 Å². The molecule has 0 radical (unpaired) electrons. The number of hydrogen-bond donors (Lipinski definition) is 1. The van der Waals surface area contributed by atoms with Gasteiger partial charge < -0.3 is 5.32 Å². The number of nitrogens with zero attached hydrogens (tertiary/aromatic N) is 4. The Morgan fingerprint density at radius 2 is 1.81 bits per heavy atom. The summed E-state index contributed by atoms with van der Waals surface area (Å²) in [5.74, 6) is 0. The number of rotatable bonds is 4. The highest BCUT2D eigenvalue weighted by molar-refractivity contribution is 5.91. The van der Waals surface area contributed by atoms with Crippen molar-refractivity contribution in [3.05, 3.63) is 79.1 Å². The van der Waals surface area contributed by atoms with E-state index in [0.29, 0.717) is 6.54 Å². The summed E-state index contributed by atoms with van der Waals surface area (Å²) >= 11 is 0. The summed E-state index contributed by atoms with van der Waals surface area (Å²) < 4.78 is 1.53. The molecule has 0 aliphatic rings. The molecular weight excluding hydrogens is 326 g/mol. The van der Waals surface area contributed by atoms with Gasteiger partial charge in [-0.3, -0.25) is 4.57 Å². The highest BCUT2D eigenvalue weighted by atomic mass is 16.2. The zero-order valence-electron chi connectivity index (χ0n) is 14.0. The van der Waals surface area contributed by atoms with Crippen molar-refractivity contribution in [2.75, 3.05) is 6.54 Å². The van der Waals surface area contributed by atoms with Crippen molar-refractivity contribution in [1.29, 1.82) is 0 Å². The molecule has 0 saturated heterocycles. The maximum atomic E-state index is 12.5. The van der Waals surface area contributed by atoms with Crippen molar-refractivity contribution in [1.82, 2.24) is 24.8 Å². The van der Waals surface area contributed by atoms with Gasteiger partial charge in [0.2, 0.25) is 0 Å². The Bertz CT molecular complexity index is 1030. The van der Waals surface area contributed by atoms with Crippen molar-refractivity contribution in [2.45, 2.75) is 6.42 Å². The van der Waals surface area contributed by atoms with Crippen LogP contribution in [0.15, 0.2) is 73.6 Å². The number of fused-ring (bicyclic) bond motifs is 1. The molecule has 0 spiro atoms. The van der Waals surface area contributed by atoms with Gasteiger partial charge in [0.05, 0.1) is 11.0 Å².